The predicted octanol–water partition coefficient (Wildman–Crippen LogP) is 4.88. The maximum absolute atomic E-state index is 11.2. The Morgan fingerprint density at radius 1 is 1.17 bits per heavy atom. The van der Waals surface area contributed by atoms with E-state index in [1.165, 1.54) is 0 Å². The molecule has 1 aliphatic rings. The van der Waals surface area contributed by atoms with Crippen LogP contribution in [-0.2, 0) is 0 Å². The molecule has 1 heterocycles. The third kappa shape index (κ3) is 3.95. The minimum absolute atomic E-state index is 0.0841. The van der Waals surface area contributed by atoms with E-state index in [1.54, 1.807) is 0 Å². The van der Waals surface area contributed by atoms with E-state index >= 15 is 0 Å². The molecule has 5 heteroatoms. The highest BCUT2D eigenvalue weighted by molar-refractivity contribution is 6.30. The van der Waals surface area contributed by atoms with Crippen molar-refractivity contribution in [3.8, 4) is 0 Å². The lowest BCUT2D eigenvalue weighted by Gasteiger charge is -2.29. The summed E-state index contributed by atoms with van der Waals surface area (Å²) in [7, 11) is 0. The molecule has 1 atom stereocenters. The number of hydrogen-bond acceptors (Lipinski definition) is 3. The molecule has 0 bridgehead atoms. The maximum atomic E-state index is 11.2. The molecule has 3 rings (SSSR count). The summed E-state index contributed by atoms with van der Waals surface area (Å²) in [5, 5.41) is 11.9. The molecule has 0 radical (unpaired) electrons. The lowest BCUT2D eigenvalue weighted by molar-refractivity contribution is -0.482. The van der Waals surface area contributed by atoms with Gasteiger partial charge in [-0.05, 0) is 42.2 Å². The topological polar surface area (TPSA) is 46.4 Å². The van der Waals surface area contributed by atoms with Gasteiger partial charge in [0.1, 0.15) is 0 Å². The van der Waals surface area contributed by atoms with E-state index < -0.39 is 0 Å². The molecule has 1 aliphatic heterocycles. The molecular formula is C19H19ClN2O2. The fourth-order valence-electron chi connectivity index (χ4n) is 3.18. The van der Waals surface area contributed by atoms with Gasteiger partial charge >= 0.3 is 0 Å². The summed E-state index contributed by atoms with van der Waals surface area (Å²) in [6.45, 7) is 0.809. The first-order valence-electron chi connectivity index (χ1n) is 8.03. The van der Waals surface area contributed by atoms with Crippen LogP contribution < -0.4 is 4.90 Å². The highest BCUT2D eigenvalue weighted by atomic mass is 35.5. The number of anilines is 1. The molecule has 124 valence electrons. The molecule has 0 amide bonds. The SMILES string of the molecule is O=[N+]([O-])CC(C1=CN(c2cccc(Cl)c2)CCC1)c1ccccc1. The number of nitro groups is 1. The summed E-state index contributed by atoms with van der Waals surface area (Å²) in [6.07, 6.45) is 3.92. The second-order valence-corrected chi connectivity index (χ2v) is 6.40. The second kappa shape index (κ2) is 7.49. The summed E-state index contributed by atoms with van der Waals surface area (Å²) >= 11 is 6.09. The van der Waals surface area contributed by atoms with Gasteiger partial charge in [0.05, 0.1) is 5.92 Å². The molecule has 24 heavy (non-hydrogen) atoms. The van der Waals surface area contributed by atoms with Crippen molar-refractivity contribution in [2.75, 3.05) is 18.0 Å². The van der Waals surface area contributed by atoms with Crippen LogP contribution in [0.15, 0.2) is 66.4 Å². The molecule has 0 saturated heterocycles. The van der Waals surface area contributed by atoms with Crippen LogP contribution in [0.3, 0.4) is 0 Å². The van der Waals surface area contributed by atoms with Gasteiger partial charge in [-0.3, -0.25) is 10.1 Å². The van der Waals surface area contributed by atoms with Crippen LogP contribution in [0.1, 0.15) is 24.3 Å². The zero-order chi connectivity index (χ0) is 16.9. The Morgan fingerprint density at radius 2 is 1.96 bits per heavy atom. The fraction of sp³-hybridized carbons (Fsp3) is 0.263. The first kappa shape index (κ1) is 16.5. The minimum Gasteiger partial charge on any atom is -0.348 e. The third-order valence-electron chi connectivity index (χ3n) is 4.31. The van der Waals surface area contributed by atoms with Crippen LogP contribution in [0, 0.1) is 10.1 Å². The molecule has 0 aliphatic carbocycles. The molecule has 1 unspecified atom stereocenters. The molecule has 0 fully saturated rings. The number of halogens is 1. The van der Waals surface area contributed by atoms with E-state index in [0.29, 0.717) is 5.02 Å². The largest absolute Gasteiger partial charge is 0.348 e. The van der Waals surface area contributed by atoms with E-state index in [1.807, 2.05) is 54.6 Å². The predicted molar refractivity (Wildman–Crippen MR) is 97.2 cm³/mol. The molecule has 0 aromatic heterocycles. The normalized spacial score (nSPS) is 15.7. The smallest absolute Gasteiger partial charge is 0.214 e. The van der Waals surface area contributed by atoms with E-state index in [4.69, 9.17) is 11.6 Å². The van der Waals surface area contributed by atoms with Gasteiger partial charge < -0.3 is 4.90 Å². The van der Waals surface area contributed by atoms with Crippen LogP contribution in [0.25, 0.3) is 0 Å². The van der Waals surface area contributed by atoms with E-state index in [9.17, 15) is 10.1 Å². The van der Waals surface area contributed by atoms with Crippen molar-refractivity contribution in [1.82, 2.24) is 0 Å². The van der Waals surface area contributed by atoms with Crippen LogP contribution in [0.4, 0.5) is 5.69 Å². The Kier molecular flexibility index (Phi) is 5.16. The lowest BCUT2D eigenvalue weighted by atomic mass is 9.87. The van der Waals surface area contributed by atoms with Gasteiger partial charge in [0, 0.05) is 28.4 Å². The summed E-state index contributed by atoms with van der Waals surface area (Å²) in [5.74, 6) is -0.191. The Labute approximate surface area is 146 Å². The van der Waals surface area contributed by atoms with Gasteiger partial charge in [0.25, 0.3) is 0 Å². The number of rotatable bonds is 5. The van der Waals surface area contributed by atoms with Crippen molar-refractivity contribution in [1.29, 1.82) is 0 Å². The fourth-order valence-corrected chi connectivity index (χ4v) is 3.36. The molecule has 0 saturated carbocycles. The summed E-state index contributed by atoms with van der Waals surface area (Å²) < 4.78 is 0. The number of hydrogen-bond donors (Lipinski definition) is 0. The van der Waals surface area contributed by atoms with Crippen LogP contribution in [0.2, 0.25) is 5.02 Å². The lowest BCUT2D eigenvalue weighted by Crippen LogP contribution is -2.26. The van der Waals surface area contributed by atoms with Crippen LogP contribution >= 0.6 is 11.6 Å². The van der Waals surface area contributed by atoms with Crippen LogP contribution in [-0.4, -0.2) is 18.0 Å². The first-order valence-corrected chi connectivity index (χ1v) is 8.41. The van der Waals surface area contributed by atoms with Crippen LogP contribution in [0.5, 0.6) is 0 Å². The second-order valence-electron chi connectivity index (χ2n) is 5.96. The Balaban J connectivity index is 1.93. The summed E-state index contributed by atoms with van der Waals surface area (Å²) in [6, 6.07) is 17.4. The van der Waals surface area contributed by atoms with E-state index in [-0.39, 0.29) is 17.4 Å². The highest BCUT2D eigenvalue weighted by Gasteiger charge is 2.25. The third-order valence-corrected chi connectivity index (χ3v) is 4.54. The Morgan fingerprint density at radius 3 is 2.67 bits per heavy atom. The van der Waals surface area contributed by atoms with E-state index in [0.717, 1.165) is 36.2 Å². The Bertz CT molecular complexity index is 746. The summed E-state index contributed by atoms with van der Waals surface area (Å²) in [4.78, 5) is 13.1. The minimum atomic E-state index is -0.225. The standard InChI is InChI=1S/C19H19ClN2O2/c20-17-9-4-10-18(12-17)21-11-5-8-16(13-21)19(14-22(23)24)15-6-2-1-3-7-15/h1-4,6-7,9-10,12-13,19H,5,8,11,14H2. The molecular weight excluding hydrogens is 324 g/mol. The monoisotopic (exact) mass is 342 g/mol. The first-order chi connectivity index (χ1) is 11.6. The quantitative estimate of drug-likeness (QED) is 0.574. The molecule has 0 spiro atoms. The van der Waals surface area contributed by atoms with Crippen molar-refractivity contribution in [2.24, 2.45) is 0 Å². The molecule has 2 aromatic rings. The van der Waals surface area contributed by atoms with Crippen molar-refractivity contribution in [3.05, 3.63) is 87.1 Å². The van der Waals surface area contributed by atoms with Gasteiger partial charge in [0.2, 0.25) is 6.54 Å². The number of nitrogens with zero attached hydrogens (tertiary/aromatic N) is 2. The van der Waals surface area contributed by atoms with Gasteiger partial charge in [0.15, 0.2) is 0 Å². The van der Waals surface area contributed by atoms with Gasteiger partial charge in [-0.25, -0.2) is 0 Å². The van der Waals surface area contributed by atoms with Gasteiger partial charge in [-0.1, -0.05) is 48.0 Å². The molecule has 0 N–H and O–H groups in total. The van der Waals surface area contributed by atoms with Gasteiger partial charge in [-0.15, -0.1) is 0 Å². The average Bonchev–Trinajstić information content (AvgIpc) is 2.60. The average molecular weight is 343 g/mol. The maximum Gasteiger partial charge on any atom is 0.214 e. The van der Waals surface area contributed by atoms with Crippen molar-refractivity contribution in [2.45, 2.75) is 18.8 Å². The van der Waals surface area contributed by atoms with E-state index in [2.05, 4.69) is 11.1 Å². The number of benzene rings is 2. The van der Waals surface area contributed by atoms with Crippen molar-refractivity contribution >= 4 is 17.3 Å². The molecule has 2 aromatic carbocycles. The molecule has 4 nitrogen and oxygen atoms in total. The zero-order valence-corrected chi connectivity index (χ0v) is 14.0. The Hall–Kier alpha value is -2.33. The summed E-state index contributed by atoms with van der Waals surface area (Å²) in [5.41, 5.74) is 3.12. The highest BCUT2D eigenvalue weighted by Crippen LogP contribution is 2.33. The van der Waals surface area contributed by atoms with Crippen molar-refractivity contribution < 1.29 is 4.92 Å². The van der Waals surface area contributed by atoms with Gasteiger partial charge in [-0.2, -0.15) is 0 Å². The van der Waals surface area contributed by atoms with Crippen molar-refractivity contribution in [3.63, 3.8) is 0 Å². The zero-order valence-electron chi connectivity index (χ0n) is 13.3.